The Morgan fingerprint density at radius 2 is 2.12 bits per heavy atom. The molecule has 3 rings (SSSR count). The second kappa shape index (κ2) is 8.09. The highest BCUT2D eigenvalue weighted by Gasteiger charge is 2.24. The van der Waals surface area contributed by atoms with Crippen LogP contribution in [0.4, 0.5) is 5.69 Å². The Bertz CT molecular complexity index is 940. The number of nitrogens with one attached hydrogen (secondary N) is 1. The van der Waals surface area contributed by atoms with E-state index in [1.54, 1.807) is 12.1 Å². The Morgan fingerprint density at radius 3 is 2.73 bits per heavy atom. The van der Waals surface area contributed by atoms with Crippen molar-refractivity contribution in [3.05, 3.63) is 67.7 Å². The molecule has 3 aromatic heterocycles. The van der Waals surface area contributed by atoms with Gasteiger partial charge in [0.25, 0.3) is 11.6 Å². The van der Waals surface area contributed by atoms with Gasteiger partial charge in [0, 0.05) is 18.5 Å². The number of amides is 1. The standard InChI is InChI=1S/C15H9Cl2N3O4S2/c16-9-6-18-7-10(17)13(9)26-15-11(20(22)23)4-12(25-15)14(21)19-5-8-2-1-3-24-8/h1-4,6-7H,5H2,(H,19,21). The molecule has 3 heterocycles. The number of hydrogen-bond donors (Lipinski definition) is 1. The van der Waals surface area contributed by atoms with Crippen molar-refractivity contribution in [1.29, 1.82) is 0 Å². The molecule has 0 aliphatic carbocycles. The molecule has 0 unspecified atom stereocenters. The molecule has 134 valence electrons. The van der Waals surface area contributed by atoms with Crippen molar-refractivity contribution in [3.63, 3.8) is 0 Å². The molecule has 11 heteroatoms. The zero-order chi connectivity index (χ0) is 18.7. The Balaban J connectivity index is 1.84. The zero-order valence-electron chi connectivity index (χ0n) is 12.8. The summed E-state index contributed by atoms with van der Waals surface area (Å²) >= 11 is 14.1. The van der Waals surface area contributed by atoms with E-state index in [0.717, 1.165) is 23.1 Å². The maximum absolute atomic E-state index is 12.3. The van der Waals surface area contributed by atoms with Crippen molar-refractivity contribution >= 4 is 57.9 Å². The lowest BCUT2D eigenvalue weighted by atomic mass is 10.4. The van der Waals surface area contributed by atoms with E-state index >= 15 is 0 Å². The SMILES string of the molecule is O=C(NCc1ccco1)c1cc([N+](=O)[O-])c(Sc2c(Cl)cncc2Cl)s1. The molecule has 0 saturated heterocycles. The smallest absolute Gasteiger partial charge is 0.294 e. The van der Waals surface area contributed by atoms with Gasteiger partial charge in [-0.05, 0) is 12.1 Å². The van der Waals surface area contributed by atoms with E-state index in [4.69, 9.17) is 27.6 Å². The van der Waals surface area contributed by atoms with Crippen LogP contribution in [0.15, 0.2) is 50.4 Å². The van der Waals surface area contributed by atoms with Crippen LogP contribution >= 0.6 is 46.3 Å². The first-order chi connectivity index (χ1) is 12.5. The third-order valence-corrected chi connectivity index (χ3v) is 6.36. The molecule has 26 heavy (non-hydrogen) atoms. The summed E-state index contributed by atoms with van der Waals surface area (Å²) in [6.45, 7) is 0.183. The van der Waals surface area contributed by atoms with Crippen molar-refractivity contribution < 1.29 is 14.1 Å². The molecule has 0 aliphatic rings. The minimum Gasteiger partial charge on any atom is -0.467 e. The van der Waals surface area contributed by atoms with Gasteiger partial charge in [-0.1, -0.05) is 35.0 Å². The van der Waals surface area contributed by atoms with Gasteiger partial charge in [0.05, 0.1) is 32.7 Å². The van der Waals surface area contributed by atoms with Crippen LogP contribution in [0.1, 0.15) is 15.4 Å². The van der Waals surface area contributed by atoms with Gasteiger partial charge in [-0.3, -0.25) is 19.9 Å². The largest absolute Gasteiger partial charge is 0.467 e. The number of carbonyl (C=O) groups is 1. The van der Waals surface area contributed by atoms with Crippen molar-refractivity contribution in [1.82, 2.24) is 10.3 Å². The molecule has 1 N–H and O–H groups in total. The average Bonchev–Trinajstić information content (AvgIpc) is 3.26. The molecule has 7 nitrogen and oxygen atoms in total. The molecule has 0 aliphatic heterocycles. The highest BCUT2D eigenvalue weighted by Crippen LogP contribution is 2.45. The first-order valence-corrected chi connectivity index (χ1v) is 9.40. The van der Waals surface area contributed by atoms with Crippen LogP contribution in [0.5, 0.6) is 0 Å². The predicted molar refractivity (Wildman–Crippen MR) is 99.2 cm³/mol. The summed E-state index contributed by atoms with van der Waals surface area (Å²) < 4.78 is 5.43. The number of furan rings is 1. The molecule has 3 aromatic rings. The fraction of sp³-hybridized carbons (Fsp3) is 0.0667. The van der Waals surface area contributed by atoms with Crippen molar-refractivity contribution in [2.45, 2.75) is 15.6 Å². The molecule has 0 atom stereocenters. The number of nitrogens with zero attached hydrogens (tertiary/aromatic N) is 2. The van der Waals surface area contributed by atoms with Crippen molar-refractivity contribution in [3.8, 4) is 0 Å². The van der Waals surface area contributed by atoms with Crippen LogP contribution < -0.4 is 5.32 Å². The summed E-state index contributed by atoms with van der Waals surface area (Å²) in [5.41, 5.74) is -0.188. The van der Waals surface area contributed by atoms with E-state index in [1.165, 1.54) is 24.7 Å². The second-order valence-electron chi connectivity index (χ2n) is 4.84. The Morgan fingerprint density at radius 1 is 1.38 bits per heavy atom. The Labute approximate surface area is 165 Å². The number of aromatic nitrogens is 1. The van der Waals surface area contributed by atoms with Gasteiger partial charge in [0.2, 0.25) is 0 Å². The number of pyridine rings is 1. The Hall–Kier alpha value is -2.07. The highest BCUT2D eigenvalue weighted by atomic mass is 35.5. The average molecular weight is 430 g/mol. The molecule has 0 fully saturated rings. The summed E-state index contributed by atoms with van der Waals surface area (Å²) in [6, 6.07) is 4.65. The Kier molecular flexibility index (Phi) is 5.82. The van der Waals surface area contributed by atoms with Crippen LogP contribution in [0.2, 0.25) is 10.0 Å². The second-order valence-corrected chi connectivity index (χ2v) is 7.98. The summed E-state index contributed by atoms with van der Waals surface area (Å²) in [5.74, 6) is 0.141. The third kappa shape index (κ3) is 4.18. The first-order valence-electron chi connectivity index (χ1n) is 7.01. The topological polar surface area (TPSA) is 98.3 Å². The lowest BCUT2D eigenvalue weighted by Crippen LogP contribution is -2.21. The lowest BCUT2D eigenvalue weighted by molar-refractivity contribution is -0.387. The summed E-state index contributed by atoms with van der Waals surface area (Å²) in [7, 11) is 0. The fourth-order valence-corrected chi connectivity index (χ4v) is 4.71. The first kappa shape index (κ1) is 18.7. The van der Waals surface area contributed by atoms with Gasteiger partial charge in [-0.25, -0.2) is 0 Å². The molecule has 0 spiro atoms. The van der Waals surface area contributed by atoms with Crippen LogP contribution in [-0.2, 0) is 6.54 Å². The monoisotopic (exact) mass is 429 g/mol. The summed E-state index contributed by atoms with van der Waals surface area (Å²) in [5, 5.41) is 14.5. The number of halogens is 2. The van der Waals surface area contributed by atoms with Crippen LogP contribution in [0.25, 0.3) is 0 Å². The van der Waals surface area contributed by atoms with E-state index in [-0.39, 0.29) is 27.2 Å². The van der Waals surface area contributed by atoms with Gasteiger partial charge in [-0.2, -0.15) is 0 Å². The normalized spacial score (nSPS) is 10.7. The van der Waals surface area contributed by atoms with Crippen molar-refractivity contribution in [2.24, 2.45) is 0 Å². The van der Waals surface area contributed by atoms with E-state index in [2.05, 4.69) is 10.3 Å². The van der Waals surface area contributed by atoms with E-state index in [1.807, 2.05) is 0 Å². The van der Waals surface area contributed by atoms with Gasteiger partial charge in [0.15, 0.2) is 0 Å². The van der Waals surface area contributed by atoms with E-state index in [9.17, 15) is 14.9 Å². The van der Waals surface area contributed by atoms with Crippen LogP contribution in [0.3, 0.4) is 0 Å². The summed E-state index contributed by atoms with van der Waals surface area (Å²) in [4.78, 5) is 27.6. The number of hydrogen-bond acceptors (Lipinski definition) is 7. The molecule has 1 amide bonds. The maximum atomic E-state index is 12.3. The zero-order valence-corrected chi connectivity index (χ0v) is 15.9. The molecular formula is C15H9Cl2N3O4S2. The molecule has 0 saturated carbocycles. The third-order valence-electron chi connectivity index (χ3n) is 3.11. The quantitative estimate of drug-likeness (QED) is 0.435. The fourth-order valence-electron chi connectivity index (χ4n) is 1.93. The maximum Gasteiger partial charge on any atom is 0.294 e. The van der Waals surface area contributed by atoms with E-state index in [0.29, 0.717) is 14.9 Å². The molecular weight excluding hydrogens is 421 g/mol. The van der Waals surface area contributed by atoms with Crippen LogP contribution in [-0.4, -0.2) is 15.8 Å². The van der Waals surface area contributed by atoms with E-state index < -0.39 is 10.8 Å². The van der Waals surface area contributed by atoms with Crippen molar-refractivity contribution in [2.75, 3.05) is 0 Å². The van der Waals surface area contributed by atoms with Gasteiger partial charge < -0.3 is 9.73 Å². The van der Waals surface area contributed by atoms with Gasteiger partial charge >= 0.3 is 0 Å². The number of nitro groups is 1. The van der Waals surface area contributed by atoms with Gasteiger partial charge in [-0.15, -0.1) is 11.3 Å². The lowest BCUT2D eigenvalue weighted by Gasteiger charge is -2.03. The number of carbonyl (C=O) groups excluding carboxylic acids is 1. The number of thiophene rings is 1. The highest BCUT2D eigenvalue weighted by molar-refractivity contribution is 8.01. The molecule has 0 bridgehead atoms. The minimum absolute atomic E-state index is 0.183. The minimum atomic E-state index is -0.550. The van der Waals surface area contributed by atoms with Crippen LogP contribution in [0, 0.1) is 10.1 Å². The summed E-state index contributed by atoms with van der Waals surface area (Å²) in [6.07, 6.45) is 4.28. The number of rotatable bonds is 6. The predicted octanol–water partition coefficient (Wildman–Crippen LogP) is 5.03. The van der Waals surface area contributed by atoms with Gasteiger partial charge in [0.1, 0.15) is 14.8 Å². The molecule has 0 radical (unpaired) electrons. The molecule has 0 aromatic carbocycles.